The van der Waals surface area contributed by atoms with E-state index in [4.69, 9.17) is 15.0 Å². The molecule has 0 atom stereocenters. The van der Waals surface area contributed by atoms with Crippen LogP contribution >= 0.6 is 0 Å². The van der Waals surface area contributed by atoms with E-state index in [0.29, 0.717) is 12.0 Å². The number of rotatable bonds is 1. The number of hydrogen-bond donors (Lipinski definition) is 0. The lowest BCUT2D eigenvalue weighted by Crippen LogP contribution is -2.38. The van der Waals surface area contributed by atoms with Gasteiger partial charge in [0.05, 0.1) is 18.4 Å². The van der Waals surface area contributed by atoms with Gasteiger partial charge in [0.1, 0.15) is 11.5 Å². The molecule has 5 nitrogen and oxygen atoms in total. The Morgan fingerprint density at radius 1 is 1.04 bits per heavy atom. The molecule has 3 aliphatic heterocycles. The molecular weight excluding hydrogens is 334 g/mol. The normalized spacial score (nSPS) is 20.9. The van der Waals surface area contributed by atoms with Crippen molar-refractivity contribution in [3.8, 4) is 0 Å². The van der Waals surface area contributed by atoms with E-state index in [1.807, 2.05) is 6.20 Å². The Labute approximate surface area is 161 Å². The van der Waals surface area contributed by atoms with Crippen LogP contribution in [0.4, 0.5) is 11.5 Å². The van der Waals surface area contributed by atoms with Crippen molar-refractivity contribution in [2.45, 2.75) is 46.1 Å². The Morgan fingerprint density at radius 3 is 2.70 bits per heavy atom. The lowest BCUT2D eigenvalue weighted by atomic mass is 9.83. The number of aliphatic imine (C=N–C) groups is 1. The first kappa shape index (κ1) is 16.7. The first-order chi connectivity index (χ1) is 13.1. The third-order valence-electron chi connectivity index (χ3n) is 6.23. The summed E-state index contributed by atoms with van der Waals surface area (Å²) >= 11 is 0. The molecule has 0 spiro atoms. The zero-order valence-electron chi connectivity index (χ0n) is 16.3. The summed E-state index contributed by atoms with van der Waals surface area (Å²) in [5.74, 6) is 2.01. The fraction of sp³-hybridized carbons (Fsp3) is 0.500. The summed E-state index contributed by atoms with van der Waals surface area (Å²) < 4.78 is 0. The van der Waals surface area contributed by atoms with Crippen LogP contribution in [-0.4, -0.2) is 35.4 Å². The summed E-state index contributed by atoms with van der Waals surface area (Å²) in [5.41, 5.74) is 5.11. The van der Waals surface area contributed by atoms with E-state index < -0.39 is 0 Å². The minimum Gasteiger partial charge on any atom is -0.355 e. The van der Waals surface area contributed by atoms with Crippen LogP contribution in [0.1, 0.15) is 50.1 Å². The van der Waals surface area contributed by atoms with Gasteiger partial charge in [0.2, 0.25) is 0 Å². The third-order valence-corrected chi connectivity index (χ3v) is 6.23. The first-order valence-electron chi connectivity index (χ1n) is 10.1. The first-order valence-corrected chi connectivity index (χ1v) is 10.1. The average molecular weight is 361 g/mol. The molecule has 2 aromatic rings. The van der Waals surface area contributed by atoms with E-state index in [1.54, 1.807) is 0 Å². The minimum absolute atomic E-state index is 0.443. The van der Waals surface area contributed by atoms with Gasteiger partial charge < -0.3 is 9.80 Å². The highest BCUT2D eigenvalue weighted by atomic mass is 15.2. The molecule has 0 unspecified atom stereocenters. The smallest absolute Gasteiger partial charge is 0.156 e. The van der Waals surface area contributed by atoms with Crippen LogP contribution in [0.3, 0.4) is 0 Å². The largest absolute Gasteiger partial charge is 0.355 e. The van der Waals surface area contributed by atoms with Crippen molar-refractivity contribution in [2.24, 2.45) is 10.4 Å². The maximum Gasteiger partial charge on any atom is 0.156 e. The predicted octanol–water partition coefficient (Wildman–Crippen LogP) is 3.82. The van der Waals surface area contributed by atoms with E-state index in [0.717, 1.165) is 55.5 Å². The summed E-state index contributed by atoms with van der Waals surface area (Å²) in [5, 5.41) is 0. The van der Waals surface area contributed by atoms with Gasteiger partial charge in [-0.3, -0.25) is 4.99 Å². The van der Waals surface area contributed by atoms with Crippen molar-refractivity contribution in [3.05, 3.63) is 47.4 Å². The standard InChI is InChI=1S/C22H27N5/c1-22(2)9-12-26(13-10-22)19-15-23-20-17(25-19)14-24-21(20)27-11-5-7-16-6-3-4-8-18(16)27/h3-4,6,8,15H,5,7,9-14H2,1-2H3. The second-order valence-electron chi connectivity index (χ2n) is 8.70. The number of aromatic nitrogens is 2. The van der Waals surface area contributed by atoms with Crippen molar-refractivity contribution >= 4 is 17.3 Å². The quantitative estimate of drug-likeness (QED) is 0.775. The number of anilines is 2. The molecule has 1 fully saturated rings. The number of hydrogen-bond acceptors (Lipinski definition) is 5. The minimum atomic E-state index is 0.443. The Morgan fingerprint density at radius 2 is 1.85 bits per heavy atom. The Kier molecular flexibility index (Phi) is 3.92. The van der Waals surface area contributed by atoms with Gasteiger partial charge in [-0.15, -0.1) is 0 Å². The van der Waals surface area contributed by atoms with E-state index in [2.05, 4.69) is 47.9 Å². The monoisotopic (exact) mass is 361 g/mol. The number of piperidine rings is 1. The third kappa shape index (κ3) is 2.99. The van der Waals surface area contributed by atoms with Gasteiger partial charge in [-0.2, -0.15) is 0 Å². The molecule has 0 bridgehead atoms. The Bertz CT molecular complexity index is 891. The van der Waals surface area contributed by atoms with Crippen LogP contribution < -0.4 is 9.80 Å². The van der Waals surface area contributed by atoms with Crippen LogP contribution in [0.2, 0.25) is 0 Å². The second kappa shape index (κ2) is 6.32. The van der Waals surface area contributed by atoms with Crippen LogP contribution in [0, 0.1) is 5.41 Å². The highest BCUT2D eigenvalue weighted by Gasteiger charge is 2.30. The van der Waals surface area contributed by atoms with Crippen LogP contribution in [0.25, 0.3) is 0 Å². The van der Waals surface area contributed by atoms with Crippen molar-refractivity contribution in [1.82, 2.24) is 9.97 Å². The van der Waals surface area contributed by atoms with Gasteiger partial charge >= 0.3 is 0 Å². The molecule has 0 radical (unpaired) electrons. The van der Waals surface area contributed by atoms with Crippen LogP contribution in [0.5, 0.6) is 0 Å². The fourth-order valence-electron chi connectivity index (χ4n) is 4.40. The van der Waals surface area contributed by atoms with Gasteiger partial charge in [-0.1, -0.05) is 32.0 Å². The molecule has 1 saturated heterocycles. The molecule has 3 aliphatic rings. The Balaban J connectivity index is 1.41. The second-order valence-corrected chi connectivity index (χ2v) is 8.70. The number of aryl methyl sites for hydroxylation is 1. The molecule has 0 N–H and O–H groups in total. The average Bonchev–Trinajstić information content (AvgIpc) is 3.10. The summed E-state index contributed by atoms with van der Waals surface area (Å²) in [6, 6.07) is 8.66. The van der Waals surface area contributed by atoms with E-state index in [9.17, 15) is 0 Å². The van der Waals surface area contributed by atoms with E-state index in [1.165, 1.54) is 24.1 Å². The van der Waals surface area contributed by atoms with Gasteiger partial charge in [-0.25, -0.2) is 9.97 Å². The number of benzene rings is 1. The molecule has 1 aromatic heterocycles. The maximum atomic E-state index is 4.95. The highest BCUT2D eigenvalue weighted by molar-refractivity contribution is 6.11. The summed E-state index contributed by atoms with van der Waals surface area (Å²) in [6.45, 7) is 8.48. The molecule has 5 heteroatoms. The SMILES string of the molecule is CC1(C)CCN(c2cnc3c(n2)CN=C3N2CCCc3ccccc32)CC1. The molecule has 0 amide bonds. The van der Waals surface area contributed by atoms with Gasteiger partial charge in [0.15, 0.2) is 5.84 Å². The van der Waals surface area contributed by atoms with Crippen molar-refractivity contribution in [1.29, 1.82) is 0 Å². The van der Waals surface area contributed by atoms with E-state index >= 15 is 0 Å². The lowest BCUT2D eigenvalue weighted by molar-refractivity contribution is 0.279. The van der Waals surface area contributed by atoms with Crippen LogP contribution in [-0.2, 0) is 13.0 Å². The molecule has 0 saturated carbocycles. The summed E-state index contributed by atoms with van der Waals surface area (Å²) in [6.07, 6.45) is 6.66. The molecule has 1 aromatic carbocycles. The lowest BCUT2D eigenvalue weighted by Gasteiger charge is -2.37. The number of fused-ring (bicyclic) bond motifs is 2. The molecule has 4 heterocycles. The zero-order chi connectivity index (χ0) is 18.4. The maximum absolute atomic E-state index is 4.95. The van der Waals surface area contributed by atoms with Gasteiger partial charge in [0.25, 0.3) is 0 Å². The Hall–Kier alpha value is -2.43. The molecule has 140 valence electrons. The number of nitrogens with zero attached hydrogens (tertiary/aromatic N) is 5. The predicted molar refractivity (Wildman–Crippen MR) is 110 cm³/mol. The fourth-order valence-corrected chi connectivity index (χ4v) is 4.40. The van der Waals surface area contributed by atoms with Gasteiger partial charge in [0, 0.05) is 25.3 Å². The summed E-state index contributed by atoms with van der Waals surface area (Å²) in [4.78, 5) is 19.3. The zero-order valence-corrected chi connectivity index (χ0v) is 16.3. The topological polar surface area (TPSA) is 44.6 Å². The van der Waals surface area contributed by atoms with Crippen molar-refractivity contribution < 1.29 is 0 Å². The van der Waals surface area contributed by atoms with Crippen LogP contribution in [0.15, 0.2) is 35.5 Å². The molecule has 0 aliphatic carbocycles. The number of amidine groups is 1. The van der Waals surface area contributed by atoms with Crippen molar-refractivity contribution in [3.63, 3.8) is 0 Å². The number of para-hydroxylation sites is 1. The van der Waals surface area contributed by atoms with Crippen molar-refractivity contribution in [2.75, 3.05) is 29.4 Å². The highest BCUT2D eigenvalue weighted by Crippen LogP contribution is 2.33. The summed E-state index contributed by atoms with van der Waals surface area (Å²) in [7, 11) is 0. The molecular formula is C22H27N5. The molecule has 27 heavy (non-hydrogen) atoms. The molecule has 5 rings (SSSR count). The van der Waals surface area contributed by atoms with Gasteiger partial charge in [-0.05, 0) is 42.7 Å². The van der Waals surface area contributed by atoms with E-state index in [-0.39, 0.29) is 0 Å².